The van der Waals surface area contributed by atoms with E-state index in [0.29, 0.717) is 23.8 Å². The van der Waals surface area contributed by atoms with Crippen LogP contribution in [0.4, 0.5) is 8.78 Å². The van der Waals surface area contributed by atoms with Crippen LogP contribution in [-0.2, 0) is 17.3 Å². The zero-order valence-corrected chi connectivity index (χ0v) is 15.9. The fourth-order valence-corrected chi connectivity index (χ4v) is 3.76. The van der Waals surface area contributed by atoms with Crippen LogP contribution in [0.15, 0.2) is 61.2 Å². The van der Waals surface area contributed by atoms with Gasteiger partial charge in [0.1, 0.15) is 0 Å². The van der Waals surface area contributed by atoms with Gasteiger partial charge in [-0.15, -0.1) is 6.58 Å². The lowest BCUT2D eigenvalue weighted by Gasteiger charge is -2.27. The SMILES string of the molecule is C=C[C@H]1CC[C@H](c2ccc(C(F)(F)OCCc3ccc(C#N)cc3)cc2)CC1. The van der Waals surface area contributed by atoms with E-state index in [9.17, 15) is 8.78 Å². The van der Waals surface area contributed by atoms with E-state index in [-0.39, 0.29) is 12.2 Å². The molecule has 0 heterocycles. The maximum atomic E-state index is 14.4. The first-order valence-corrected chi connectivity index (χ1v) is 9.75. The maximum Gasteiger partial charge on any atom is 0.383 e. The Kier molecular flexibility index (Phi) is 6.59. The van der Waals surface area contributed by atoms with E-state index in [1.54, 1.807) is 24.3 Å². The van der Waals surface area contributed by atoms with Gasteiger partial charge < -0.3 is 4.74 Å². The highest BCUT2D eigenvalue weighted by Gasteiger charge is 2.33. The number of nitriles is 1. The minimum absolute atomic E-state index is 0.0911. The largest absolute Gasteiger partial charge is 0.383 e. The molecule has 4 heteroatoms. The Morgan fingerprint density at radius 1 is 1.04 bits per heavy atom. The normalized spacial score (nSPS) is 19.8. The van der Waals surface area contributed by atoms with Crippen molar-refractivity contribution in [2.45, 2.75) is 44.1 Å². The molecule has 3 rings (SSSR count). The van der Waals surface area contributed by atoms with Crippen molar-refractivity contribution in [1.82, 2.24) is 0 Å². The van der Waals surface area contributed by atoms with E-state index >= 15 is 0 Å². The lowest BCUT2D eigenvalue weighted by molar-refractivity contribution is -0.248. The Morgan fingerprint density at radius 2 is 1.68 bits per heavy atom. The molecule has 0 aliphatic heterocycles. The first-order valence-electron chi connectivity index (χ1n) is 9.75. The van der Waals surface area contributed by atoms with Crippen molar-refractivity contribution in [3.8, 4) is 6.07 Å². The number of hydrogen-bond acceptors (Lipinski definition) is 2. The van der Waals surface area contributed by atoms with Crippen LogP contribution in [0, 0.1) is 17.2 Å². The molecule has 0 aromatic heterocycles. The second kappa shape index (κ2) is 9.12. The molecule has 1 aliphatic carbocycles. The number of nitrogens with zero attached hydrogens (tertiary/aromatic N) is 1. The molecule has 1 saturated carbocycles. The number of hydrogen-bond donors (Lipinski definition) is 0. The fourth-order valence-electron chi connectivity index (χ4n) is 3.76. The second-order valence-corrected chi connectivity index (χ2v) is 7.39. The highest BCUT2D eigenvalue weighted by Crippen LogP contribution is 2.37. The van der Waals surface area contributed by atoms with Crippen molar-refractivity contribution in [2.75, 3.05) is 6.61 Å². The number of rotatable bonds is 7. The van der Waals surface area contributed by atoms with Gasteiger partial charge in [0.05, 0.1) is 23.8 Å². The van der Waals surface area contributed by atoms with Crippen LogP contribution in [0.1, 0.15) is 53.9 Å². The summed E-state index contributed by atoms with van der Waals surface area (Å²) in [4.78, 5) is 0. The van der Waals surface area contributed by atoms with Gasteiger partial charge >= 0.3 is 6.11 Å². The number of halogens is 2. The Hall–Kier alpha value is -2.51. The summed E-state index contributed by atoms with van der Waals surface area (Å²) >= 11 is 0. The summed E-state index contributed by atoms with van der Waals surface area (Å²) in [5, 5.41) is 8.79. The fraction of sp³-hybridized carbons (Fsp3) is 0.375. The van der Waals surface area contributed by atoms with Gasteiger partial charge in [0.15, 0.2) is 0 Å². The zero-order chi connectivity index (χ0) is 20.0. The molecule has 1 fully saturated rings. The second-order valence-electron chi connectivity index (χ2n) is 7.39. The minimum atomic E-state index is -3.31. The molecule has 0 amide bonds. The van der Waals surface area contributed by atoms with Crippen LogP contribution < -0.4 is 0 Å². The van der Waals surface area contributed by atoms with Gasteiger partial charge in [0, 0.05) is 0 Å². The van der Waals surface area contributed by atoms with Gasteiger partial charge in [-0.2, -0.15) is 14.0 Å². The van der Waals surface area contributed by atoms with E-state index in [0.717, 1.165) is 36.8 Å². The number of alkyl halides is 2. The van der Waals surface area contributed by atoms with E-state index in [1.165, 1.54) is 12.1 Å². The van der Waals surface area contributed by atoms with Crippen molar-refractivity contribution >= 4 is 0 Å². The molecule has 2 aromatic carbocycles. The average Bonchev–Trinajstić information content (AvgIpc) is 2.74. The number of ether oxygens (including phenoxy) is 1. The predicted octanol–water partition coefficient (Wildman–Crippen LogP) is 6.33. The summed E-state index contributed by atoms with van der Waals surface area (Å²) in [7, 11) is 0. The van der Waals surface area contributed by atoms with Crippen LogP contribution in [-0.4, -0.2) is 6.61 Å². The van der Waals surface area contributed by atoms with Gasteiger partial charge in [0.2, 0.25) is 0 Å². The molecule has 2 aromatic rings. The summed E-state index contributed by atoms with van der Waals surface area (Å²) < 4.78 is 33.6. The predicted molar refractivity (Wildman–Crippen MR) is 106 cm³/mol. The quantitative estimate of drug-likeness (QED) is 0.525. The molecule has 146 valence electrons. The molecule has 0 atom stereocenters. The van der Waals surface area contributed by atoms with Crippen LogP contribution in [0.5, 0.6) is 0 Å². The third-order valence-electron chi connectivity index (χ3n) is 5.58. The van der Waals surface area contributed by atoms with Crippen molar-refractivity contribution in [3.63, 3.8) is 0 Å². The Balaban J connectivity index is 1.54. The third kappa shape index (κ3) is 5.05. The Bertz CT molecular complexity index is 813. The maximum absolute atomic E-state index is 14.4. The van der Waals surface area contributed by atoms with Crippen LogP contribution in [0.2, 0.25) is 0 Å². The smallest absolute Gasteiger partial charge is 0.316 e. The molecule has 0 radical (unpaired) electrons. The van der Waals surface area contributed by atoms with E-state index in [4.69, 9.17) is 10.00 Å². The highest BCUT2D eigenvalue weighted by molar-refractivity contribution is 5.31. The Morgan fingerprint density at radius 3 is 2.25 bits per heavy atom. The van der Waals surface area contributed by atoms with Gasteiger partial charge in [0.25, 0.3) is 0 Å². The molecule has 28 heavy (non-hydrogen) atoms. The molecule has 0 saturated heterocycles. The molecule has 0 unspecified atom stereocenters. The van der Waals surface area contributed by atoms with Crippen molar-refractivity contribution in [3.05, 3.63) is 83.4 Å². The molecule has 0 N–H and O–H groups in total. The summed E-state index contributed by atoms with van der Waals surface area (Å²) in [6.45, 7) is 3.77. The highest BCUT2D eigenvalue weighted by atomic mass is 19.3. The first-order chi connectivity index (χ1) is 13.5. The zero-order valence-electron chi connectivity index (χ0n) is 15.9. The van der Waals surface area contributed by atoms with Gasteiger partial charge in [-0.1, -0.05) is 42.5 Å². The van der Waals surface area contributed by atoms with E-state index in [1.807, 2.05) is 24.3 Å². The van der Waals surface area contributed by atoms with Gasteiger partial charge in [-0.3, -0.25) is 0 Å². The summed E-state index contributed by atoms with van der Waals surface area (Å²) in [5.41, 5.74) is 2.42. The van der Waals surface area contributed by atoms with Gasteiger partial charge in [-0.05, 0) is 67.2 Å². The molecule has 0 bridgehead atoms. The van der Waals surface area contributed by atoms with Crippen molar-refractivity contribution < 1.29 is 13.5 Å². The first kappa shape index (κ1) is 20.2. The molecule has 1 aliphatic rings. The Labute approximate surface area is 165 Å². The van der Waals surface area contributed by atoms with E-state index < -0.39 is 6.11 Å². The third-order valence-corrected chi connectivity index (χ3v) is 5.58. The molecule has 0 spiro atoms. The summed E-state index contributed by atoms with van der Waals surface area (Å²) in [5.74, 6) is 1.03. The molecular weight excluding hydrogens is 356 g/mol. The van der Waals surface area contributed by atoms with Crippen molar-refractivity contribution in [2.24, 2.45) is 5.92 Å². The lowest BCUT2D eigenvalue weighted by Crippen LogP contribution is -2.20. The van der Waals surface area contributed by atoms with Gasteiger partial charge in [-0.25, -0.2) is 0 Å². The van der Waals surface area contributed by atoms with Crippen LogP contribution in [0.3, 0.4) is 0 Å². The van der Waals surface area contributed by atoms with Crippen molar-refractivity contribution in [1.29, 1.82) is 5.26 Å². The summed E-state index contributed by atoms with van der Waals surface area (Å²) in [6, 6.07) is 15.5. The topological polar surface area (TPSA) is 33.0 Å². The standard InChI is InChI=1S/C24H25F2NO/c1-2-18-7-9-21(10-8-18)22-11-13-23(14-12-22)24(25,26)28-16-15-19-3-5-20(17-27)6-4-19/h2-6,11-14,18,21H,1,7-10,15-16H2/t18-,21-. The lowest BCUT2D eigenvalue weighted by atomic mass is 9.79. The van der Waals surface area contributed by atoms with Crippen LogP contribution in [0.25, 0.3) is 0 Å². The minimum Gasteiger partial charge on any atom is -0.316 e. The van der Waals surface area contributed by atoms with E-state index in [2.05, 4.69) is 6.58 Å². The van der Waals surface area contributed by atoms with Crippen LogP contribution >= 0.6 is 0 Å². The average molecular weight is 381 g/mol. The number of benzene rings is 2. The number of allylic oxidation sites excluding steroid dienone is 1. The summed E-state index contributed by atoms with van der Waals surface area (Å²) in [6.07, 6.45) is 3.46. The monoisotopic (exact) mass is 381 g/mol. The molecule has 2 nitrogen and oxygen atoms in total. The molecular formula is C24H25F2NO.